The topological polar surface area (TPSA) is 46.2 Å². The molecule has 0 aromatic heterocycles. The SMILES string of the molecule is CN[C@@H](CC=O)CC(C)=O. The second kappa shape index (κ2) is 5.11. The molecule has 0 aliphatic heterocycles. The summed E-state index contributed by atoms with van der Waals surface area (Å²) in [5, 5.41) is 2.88. The number of ketones is 1. The van der Waals surface area contributed by atoms with Crippen molar-refractivity contribution in [3.8, 4) is 0 Å². The van der Waals surface area contributed by atoms with Gasteiger partial charge < -0.3 is 10.1 Å². The van der Waals surface area contributed by atoms with E-state index in [0.29, 0.717) is 12.8 Å². The van der Waals surface area contributed by atoms with E-state index >= 15 is 0 Å². The van der Waals surface area contributed by atoms with E-state index in [1.54, 1.807) is 7.05 Å². The van der Waals surface area contributed by atoms with E-state index in [1.807, 2.05) is 0 Å². The third kappa shape index (κ3) is 4.21. The molecule has 0 saturated carbocycles. The van der Waals surface area contributed by atoms with Crippen LogP contribution < -0.4 is 5.32 Å². The van der Waals surface area contributed by atoms with Gasteiger partial charge in [0.2, 0.25) is 0 Å². The van der Waals surface area contributed by atoms with Gasteiger partial charge in [0.15, 0.2) is 0 Å². The zero-order chi connectivity index (χ0) is 7.98. The van der Waals surface area contributed by atoms with Crippen LogP contribution in [0.15, 0.2) is 0 Å². The van der Waals surface area contributed by atoms with Gasteiger partial charge in [-0.15, -0.1) is 0 Å². The number of rotatable bonds is 5. The predicted octanol–water partition coefficient (Wildman–Crippen LogP) is 0.142. The third-order valence-electron chi connectivity index (χ3n) is 1.32. The Balaban J connectivity index is 3.59. The molecular formula is C7H13NO2. The normalized spacial score (nSPS) is 12.6. The first kappa shape index (κ1) is 9.30. The summed E-state index contributed by atoms with van der Waals surface area (Å²) in [5.41, 5.74) is 0. The largest absolute Gasteiger partial charge is 0.316 e. The lowest BCUT2D eigenvalue weighted by Crippen LogP contribution is -2.27. The Bertz CT molecular complexity index is 123. The number of carbonyl (C=O) groups is 2. The second-order valence-electron chi connectivity index (χ2n) is 2.29. The highest BCUT2D eigenvalue weighted by atomic mass is 16.1. The van der Waals surface area contributed by atoms with Crippen molar-refractivity contribution in [1.29, 1.82) is 0 Å². The summed E-state index contributed by atoms with van der Waals surface area (Å²) in [4.78, 5) is 20.5. The fourth-order valence-electron chi connectivity index (χ4n) is 0.766. The highest BCUT2D eigenvalue weighted by molar-refractivity contribution is 5.76. The van der Waals surface area contributed by atoms with Crippen molar-refractivity contribution in [2.24, 2.45) is 0 Å². The van der Waals surface area contributed by atoms with Crippen molar-refractivity contribution >= 4 is 12.1 Å². The highest BCUT2D eigenvalue weighted by Gasteiger charge is 2.06. The smallest absolute Gasteiger partial charge is 0.131 e. The van der Waals surface area contributed by atoms with Gasteiger partial charge in [-0.3, -0.25) is 4.79 Å². The lowest BCUT2D eigenvalue weighted by molar-refractivity contribution is -0.117. The van der Waals surface area contributed by atoms with E-state index in [1.165, 1.54) is 6.92 Å². The van der Waals surface area contributed by atoms with E-state index < -0.39 is 0 Å². The molecule has 3 heteroatoms. The van der Waals surface area contributed by atoms with E-state index in [2.05, 4.69) is 5.32 Å². The van der Waals surface area contributed by atoms with Crippen LogP contribution in [-0.2, 0) is 9.59 Å². The summed E-state index contributed by atoms with van der Waals surface area (Å²) in [5.74, 6) is 0.112. The van der Waals surface area contributed by atoms with Crippen LogP contribution in [0, 0.1) is 0 Å². The zero-order valence-electron chi connectivity index (χ0n) is 6.39. The zero-order valence-corrected chi connectivity index (χ0v) is 6.39. The molecule has 0 fully saturated rings. The van der Waals surface area contributed by atoms with Crippen molar-refractivity contribution in [1.82, 2.24) is 5.32 Å². The molecule has 0 heterocycles. The van der Waals surface area contributed by atoms with E-state index in [-0.39, 0.29) is 11.8 Å². The van der Waals surface area contributed by atoms with Gasteiger partial charge in [-0.25, -0.2) is 0 Å². The molecule has 0 unspecified atom stereocenters. The van der Waals surface area contributed by atoms with Crippen molar-refractivity contribution in [2.75, 3.05) is 7.05 Å². The minimum atomic E-state index is 0.0231. The summed E-state index contributed by atoms with van der Waals surface area (Å²) in [7, 11) is 1.75. The van der Waals surface area contributed by atoms with Gasteiger partial charge in [-0.2, -0.15) is 0 Å². The molecule has 0 saturated heterocycles. The predicted molar refractivity (Wildman–Crippen MR) is 38.8 cm³/mol. The highest BCUT2D eigenvalue weighted by Crippen LogP contribution is 1.95. The first-order chi connectivity index (χ1) is 4.70. The van der Waals surface area contributed by atoms with Crippen LogP contribution in [0.4, 0.5) is 0 Å². The average molecular weight is 143 g/mol. The fourth-order valence-corrected chi connectivity index (χ4v) is 0.766. The van der Waals surface area contributed by atoms with Gasteiger partial charge in [0, 0.05) is 18.9 Å². The third-order valence-corrected chi connectivity index (χ3v) is 1.32. The molecule has 0 aromatic rings. The maximum atomic E-state index is 10.5. The molecule has 1 N–H and O–H groups in total. The number of hydrogen-bond acceptors (Lipinski definition) is 3. The molecule has 0 bridgehead atoms. The molecule has 3 nitrogen and oxygen atoms in total. The van der Waals surface area contributed by atoms with Crippen LogP contribution in [0.5, 0.6) is 0 Å². The molecule has 1 atom stereocenters. The molecule has 10 heavy (non-hydrogen) atoms. The van der Waals surface area contributed by atoms with Crippen LogP contribution in [0.3, 0.4) is 0 Å². The molecule has 0 aliphatic carbocycles. The van der Waals surface area contributed by atoms with Crippen molar-refractivity contribution in [3.63, 3.8) is 0 Å². The fraction of sp³-hybridized carbons (Fsp3) is 0.714. The number of Topliss-reactive ketones (excluding diaryl/α,β-unsaturated/α-hetero) is 1. The Kier molecular flexibility index (Phi) is 4.76. The minimum Gasteiger partial charge on any atom is -0.316 e. The Morgan fingerprint density at radius 3 is 2.60 bits per heavy atom. The summed E-state index contributed by atoms with van der Waals surface area (Å²) >= 11 is 0. The summed E-state index contributed by atoms with van der Waals surface area (Å²) in [6, 6.07) is 0.0231. The molecule has 0 spiro atoms. The average Bonchev–Trinajstić information content (AvgIpc) is 1.86. The summed E-state index contributed by atoms with van der Waals surface area (Å²) < 4.78 is 0. The molecular weight excluding hydrogens is 130 g/mol. The van der Waals surface area contributed by atoms with Gasteiger partial charge in [-0.1, -0.05) is 0 Å². The minimum absolute atomic E-state index is 0.0231. The van der Waals surface area contributed by atoms with Gasteiger partial charge in [-0.05, 0) is 14.0 Å². The van der Waals surface area contributed by atoms with Gasteiger partial charge in [0.25, 0.3) is 0 Å². The van der Waals surface area contributed by atoms with E-state index in [0.717, 1.165) is 6.29 Å². The first-order valence-electron chi connectivity index (χ1n) is 3.31. The molecule has 0 rings (SSSR count). The standard InChI is InChI=1S/C7H13NO2/c1-6(10)5-7(8-2)3-4-9/h4,7-8H,3,5H2,1-2H3/t7-/m0/s1. The number of hydrogen-bond donors (Lipinski definition) is 1. The Morgan fingerprint density at radius 2 is 2.30 bits per heavy atom. The van der Waals surface area contributed by atoms with Crippen LogP contribution in [0.2, 0.25) is 0 Å². The maximum absolute atomic E-state index is 10.5. The van der Waals surface area contributed by atoms with Gasteiger partial charge in [0.1, 0.15) is 12.1 Å². The first-order valence-corrected chi connectivity index (χ1v) is 3.31. The monoisotopic (exact) mass is 143 g/mol. The molecule has 0 amide bonds. The van der Waals surface area contributed by atoms with Crippen LogP contribution in [0.1, 0.15) is 19.8 Å². The quantitative estimate of drug-likeness (QED) is 0.557. The van der Waals surface area contributed by atoms with Crippen LogP contribution in [-0.4, -0.2) is 25.2 Å². The van der Waals surface area contributed by atoms with Crippen molar-refractivity contribution < 1.29 is 9.59 Å². The second-order valence-corrected chi connectivity index (χ2v) is 2.29. The maximum Gasteiger partial charge on any atom is 0.131 e. The lowest BCUT2D eigenvalue weighted by Gasteiger charge is -2.09. The van der Waals surface area contributed by atoms with Crippen molar-refractivity contribution in [3.05, 3.63) is 0 Å². The Hall–Kier alpha value is -0.700. The Labute approximate surface area is 60.8 Å². The number of aldehydes is 1. The van der Waals surface area contributed by atoms with Crippen LogP contribution >= 0.6 is 0 Å². The molecule has 0 radical (unpaired) electrons. The number of carbonyl (C=O) groups excluding carboxylic acids is 2. The van der Waals surface area contributed by atoms with Crippen molar-refractivity contribution in [2.45, 2.75) is 25.8 Å². The Morgan fingerprint density at radius 1 is 1.70 bits per heavy atom. The summed E-state index contributed by atoms with van der Waals surface area (Å²) in [6.07, 6.45) is 1.68. The van der Waals surface area contributed by atoms with Gasteiger partial charge >= 0.3 is 0 Å². The van der Waals surface area contributed by atoms with E-state index in [9.17, 15) is 9.59 Å². The lowest BCUT2D eigenvalue weighted by atomic mass is 10.1. The van der Waals surface area contributed by atoms with Gasteiger partial charge in [0.05, 0.1) is 0 Å². The molecule has 0 aromatic carbocycles. The summed E-state index contributed by atoms with van der Waals surface area (Å²) in [6.45, 7) is 1.52. The van der Waals surface area contributed by atoms with Crippen LogP contribution in [0.25, 0.3) is 0 Å². The van der Waals surface area contributed by atoms with E-state index in [4.69, 9.17) is 0 Å². The molecule has 0 aliphatic rings. The molecule has 58 valence electrons. The number of nitrogens with one attached hydrogen (secondary N) is 1.